The van der Waals surface area contributed by atoms with Crippen molar-refractivity contribution in [1.82, 2.24) is 4.90 Å². The molecule has 2 atom stereocenters. The Balaban J connectivity index is 1.39. The summed E-state index contributed by atoms with van der Waals surface area (Å²) in [5.74, 6) is 1.64. The Bertz CT molecular complexity index is 857. The Morgan fingerprint density at radius 1 is 0.969 bits per heavy atom. The highest BCUT2D eigenvalue weighted by Crippen LogP contribution is 2.32. The molecule has 2 N–H and O–H groups in total. The van der Waals surface area contributed by atoms with Crippen molar-refractivity contribution in [3.63, 3.8) is 0 Å². The lowest BCUT2D eigenvalue weighted by atomic mass is 9.80. The maximum Gasteiger partial charge on any atom is 0.254 e. The van der Waals surface area contributed by atoms with Gasteiger partial charge in [0.25, 0.3) is 5.91 Å². The molecule has 0 spiro atoms. The maximum absolute atomic E-state index is 13.4. The van der Waals surface area contributed by atoms with E-state index in [1.807, 2.05) is 47.4 Å². The molecule has 2 aromatic carbocycles. The molecule has 1 saturated carbocycles. The third-order valence-corrected chi connectivity index (χ3v) is 7.50. The number of benzene rings is 2. The van der Waals surface area contributed by atoms with Crippen molar-refractivity contribution in [2.45, 2.75) is 70.6 Å². The summed E-state index contributed by atoms with van der Waals surface area (Å²) in [5.41, 5.74) is 9.49. The Hall–Kier alpha value is -2.17. The second kappa shape index (κ2) is 10.6. The number of amides is 1. The molecule has 2 aromatic rings. The summed E-state index contributed by atoms with van der Waals surface area (Å²) in [6, 6.07) is 18.1. The van der Waals surface area contributed by atoms with Gasteiger partial charge < -0.3 is 15.4 Å². The molecule has 1 aliphatic carbocycles. The average Bonchev–Trinajstić information content (AvgIpc) is 2.83. The molecule has 1 saturated heterocycles. The second-order valence-electron chi connectivity index (χ2n) is 9.93. The fourth-order valence-corrected chi connectivity index (χ4v) is 5.31. The first-order valence-electron chi connectivity index (χ1n) is 12.4. The van der Waals surface area contributed by atoms with Crippen molar-refractivity contribution < 1.29 is 9.53 Å². The lowest BCUT2D eigenvalue weighted by Crippen LogP contribution is -2.56. The van der Waals surface area contributed by atoms with Gasteiger partial charge in [0.05, 0.1) is 18.8 Å². The van der Waals surface area contributed by atoms with E-state index in [0.717, 1.165) is 60.8 Å². The van der Waals surface area contributed by atoms with E-state index in [0.29, 0.717) is 12.7 Å². The SMILES string of the molecule is CC(C)C1CCC(OC[C@H]2[C@@H](N)CCCN2C(=O)c2ccc(-c3ccccc3)cc2)CC1. The monoisotopic (exact) mass is 434 g/mol. The van der Waals surface area contributed by atoms with Gasteiger partial charge in [-0.25, -0.2) is 0 Å². The molecule has 4 heteroatoms. The number of hydrogen-bond acceptors (Lipinski definition) is 3. The molecule has 0 bridgehead atoms. The number of rotatable bonds is 6. The minimum atomic E-state index is -0.0483. The smallest absolute Gasteiger partial charge is 0.254 e. The number of carbonyl (C=O) groups excluding carboxylic acids is 1. The van der Waals surface area contributed by atoms with E-state index in [1.165, 1.54) is 12.8 Å². The first kappa shape index (κ1) is 23.0. The van der Waals surface area contributed by atoms with Gasteiger partial charge in [-0.3, -0.25) is 4.79 Å². The van der Waals surface area contributed by atoms with Crippen LogP contribution in [0.4, 0.5) is 0 Å². The minimum Gasteiger partial charge on any atom is -0.376 e. The number of ether oxygens (including phenoxy) is 1. The van der Waals surface area contributed by atoms with Gasteiger partial charge in [0.1, 0.15) is 0 Å². The van der Waals surface area contributed by atoms with Crippen LogP contribution in [-0.4, -0.2) is 42.1 Å². The molecule has 32 heavy (non-hydrogen) atoms. The van der Waals surface area contributed by atoms with E-state index in [9.17, 15) is 4.79 Å². The Kier molecular flexibility index (Phi) is 7.64. The van der Waals surface area contributed by atoms with E-state index in [-0.39, 0.29) is 18.0 Å². The molecule has 1 amide bonds. The molecule has 0 radical (unpaired) electrons. The van der Waals surface area contributed by atoms with Crippen molar-refractivity contribution >= 4 is 5.91 Å². The van der Waals surface area contributed by atoms with Crippen molar-refractivity contribution in [3.05, 3.63) is 60.2 Å². The molecule has 172 valence electrons. The first-order valence-corrected chi connectivity index (χ1v) is 12.4. The number of piperidine rings is 1. The molecule has 4 nitrogen and oxygen atoms in total. The van der Waals surface area contributed by atoms with Gasteiger partial charge in [-0.2, -0.15) is 0 Å². The average molecular weight is 435 g/mol. The van der Waals surface area contributed by atoms with Crippen LogP contribution < -0.4 is 5.73 Å². The number of nitrogens with two attached hydrogens (primary N) is 1. The van der Waals surface area contributed by atoms with E-state index in [4.69, 9.17) is 10.5 Å². The van der Waals surface area contributed by atoms with Crippen LogP contribution in [0.25, 0.3) is 11.1 Å². The quantitative estimate of drug-likeness (QED) is 0.651. The lowest BCUT2D eigenvalue weighted by molar-refractivity contribution is -0.0268. The predicted molar refractivity (Wildman–Crippen MR) is 130 cm³/mol. The van der Waals surface area contributed by atoms with Crippen LogP contribution in [0.1, 0.15) is 62.7 Å². The molecule has 1 aliphatic heterocycles. The highest BCUT2D eigenvalue weighted by atomic mass is 16.5. The zero-order valence-electron chi connectivity index (χ0n) is 19.6. The zero-order chi connectivity index (χ0) is 22.5. The third-order valence-electron chi connectivity index (χ3n) is 7.50. The second-order valence-corrected chi connectivity index (χ2v) is 9.93. The Morgan fingerprint density at radius 3 is 2.28 bits per heavy atom. The zero-order valence-corrected chi connectivity index (χ0v) is 19.6. The first-order chi connectivity index (χ1) is 15.5. The van der Waals surface area contributed by atoms with E-state index in [1.54, 1.807) is 0 Å². The molecule has 0 unspecified atom stereocenters. The van der Waals surface area contributed by atoms with Gasteiger partial charge in [-0.05, 0) is 73.6 Å². The highest BCUT2D eigenvalue weighted by molar-refractivity contribution is 5.95. The maximum atomic E-state index is 13.4. The summed E-state index contributed by atoms with van der Waals surface area (Å²) in [5, 5.41) is 0. The molecule has 0 aromatic heterocycles. The lowest BCUT2D eigenvalue weighted by Gasteiger charge is -2.41. The molecule has 4 rings (SSSR count). The summed E-state index contributed by atoms with van der Waals surface area (Å²) >= 11 is 0. The number of likely N-dealkylation sites (tertiary alicyclic amines) is 1. The van der Waals surface area contributed by atoms with Crippen molar-refractivity contribution in [2.24, 2.45) is 17.6 Å². The topological polar surface area (TPSA) is 55.6 Å². The van der Waals surface area contributed by atoms with Crippen LogP contribution in [0.15, 0.2) is 54.6 Å². The van der Waals surface area contributed by atoms with Crippen LogP contribution in [0.5, 0.6) is 0 Å². The van der Waals surface area contributed by atoms with Crippen LogP contribution >= 0.6 is 0 Å². The standard InChI is InChI=1S/C28H38N2O2/c1-20(2)21-14-16-25(17-15-21)32-19-27-26(29)9-6-18-30(27)28(31)24-12-10-23(11-13-24)22-7-4-3-5-8-22/h3-5,7-8,10-13,20-21,25-27H,6,9,14-19,29H2,1-2H3/t21?,25?,26-,27-/m0/s1. The van der Waals surface area contributed by atoms with Gasteiger partial charge in [0.2, 0.25) is 0 Å². The van der Waals surface area contributed by atoms with Gasteiger partial charge in [0, 0.05) is 18.2 Å². The molecular weight excluding hydrogens is 396 g/mol. The normalized spacial score (nSPS) is 26.3. The molecule has 2 fully saturated rings. The van der Waals surface area contributed by atoms with Crippen molar-refractivity contribution in [3.8, 4) is 11.1 Å². The largest absolute Gasteiger partial charge is 0.376 e. The molecule has 1 heterocycles. The Labute approximate surface area is 193 Å². The third kappa shape index (κ3) is 5.41. The van der Waals surface area contributed by atoms with Gasteiger partial charge in [-0.1, -0.05) is 56.3 Å². The van der Waals surface area contributed by atoms with Crippen LogP contribution in [0, 0.1) is 11.8 Å². The van der Waals surface area contributed by atoms with Crippen LogP contribution in [-0.2, 0) is 4.74 Å². The predicted octanol–water partition coefficient (Wildman–Crippen LogP) is 5.52. The van der Waals surface area contributed by atoms with Crippen molar-refractivity contribution in [1.29, 1.82) is 0 Å². The summed E-state index contributed by atoms with van der Waals surface area (Å²) in [4.78, 5) is 15.4. The summed E-state index contributed by atoms with van der Waals surface area (Å²) in [6.07, 6.45) is 6.95. The van der Waals surface area contributed by atoms with Gasteiger partial charge in [0.15, 0.2) is 0 Å². The number of nitrogens with zero attached hydrogens (tertiary/aromatic N) is 1. The Morgan fingerprint density at radius 2 is 1.62 bits per heavy atom. The molecular formula is C28H38N2O2. The number of hydrogen-bond donors (Lipinski definition) is 1. The van der Waals surface area contributed by atoms with Crippen molar-refractivity contribution in [2.75, 3.05) is 13.2 Å². The van der Waals surface area contributed by atoms with E-state index in [2.05, 4.69) is 26.0 Å². The minimum absolute atomic E-state index is 0.0247. The fourth-order valence-electron chi connectivity index (χ4n) is 5.31. The van der Waals surface area contributed by atoms with E-state index < -0.39 is 0 Å². The number of carbonyl (C=O) groups is 1. The van der Waals surface area contributed by atoms with Crippen LogP contribution in [0.2, 0.25) is 0 Å². The van der Waals surface area contributed by atoms with Crippen LogP contribution in [0.3, 0.4) is 0 Å². The summed E-state index contributed by atoms with van der Waals surface area (Å²) in [7, 11) is 0. The summed E-state index contributed by atoms with van der Waals surface area (Å²) in [6.45, 7) is 5.94. The fraction of sp³-hybridized carbons (Fsp3) is 0.536. The molecule has 2 aliphatic rings. The summed E-state index contributed by atoms with van der Waals surface area (Å²) < 4.78 is 6.34. The highest BCUT2D eigenvalue weighted by Gasteiger charge is 2.34. The van der Waals surface area contributed by atoms with Gasteiger partial charge in [-0.15, -0.1) is 0 Å². The van der Waals surface area contributed by atoms with E-state index >= 15 is 0 Å². The van der Waals surface area contributed by atoms with Gasteiger partial charge >= 0.3 is 0 Å².